The van der Waals surface area contributed by atoms with Gasteiger partial charge in [0.25, 0.3) is 5.91 Å². The Balaban J connectivity index is 1.59. The van der Waals surface area contributed by atoms with Gasteiger partial charge >= 0.3 is 0 Å². The van der Waals surface area contributed by atoms with E-state index in [1.54, 1.807) is 12.4 Å². The van der Waals surface area contributed by atoms with E-state index in [-0.39, 0.29) is 11.8 Å². The van der Waals surface area contributed by atoms with Crippen molar-refractivity contribution in [3.05, 3.63) is 47.8 Å². The van der Waals surface area contributed by atoms with E-state index in [0.717, 1.165) is 41.8 Å². The molecule has 0 radical (unpaired) electrons. The molecule has 0 bridgehead atoms. The predicted octanol–water partition coefficient (Wildman–Crippen LogP) is 2.09. The minimum absolute atomic E-state index is 0.0599. The lowest BCUT2D eigenvalue weighted by molar-refractivity contribution is 0.0699. The summed E-state index contributed by atoms with van der Waals surface area (Å²) in [5.41, 5.74) is 3.30. The van der Waals surface area contributed by atoms with Crippen molar-refractivity contribution >= 4 is 16.9 Å². The van der Waals surface area contributed by atoms with Crippen LogP contribution in [0.5, 0.6) is 0 Å². The van der Waals surface area contributed by atoms with Crippen molar-refractivity contribution in [1.82, 2.24) is 29.6 Å². The molecule has 1 unspecified atom stereocenters. The van der Waals surface area contributed by atoms with Crippen LogP contribution in [0.3, 0.4) is 0 Å². The number of piperidine rings is 1. The molecule has 25 heavy (non-hydrogen) atoms. The summed E-state index contributed by atoms with van der Waals surface area (Å²) in [6.07, 6.45) is 6.63. The quantitative estimate of drug-likeness (QED) is 0.716. The molecular weight excluding hydrogens is 316 g/mol. The van der Waals surface area contributed by atoms with Crippen molar-refractivity contribution in [2.75, 3.05) is 13.1 Å². The van der Waals surface area contributed by atoms with Gasteiger partial charge in [-0.1, -0.05) is 0 Å². The second kappa shape index (κ2) is 6.23. The zero-order chi connectivity index (χ0) is 17.4. The third kappa shape index (κ3) is 2.86. The first-order valence-electron chi connectivity index (χ1n) is 8.49. The maximum absolute atomic E-state index is 12.6. The zero-order valence-corrected chi connectivity index (χ0v) is 14.4. The number of carbonyl (C=O) groups is 1. The molecule has 1 saturated heterocycles. The highest BCUT2D eigenvalue weighted by atomic mass is 16.2. The summed E-state index contributed by atoms with van der Waals surface area (Å²) in [6.45, 7) is 3.40. The van der Waals surface area contributed by atoms with Gasteiger partial charge in [-0.25, -0.2) is 9.97 Å². The lowest BCUT2D eigenvalue weighted by Crippen LogP contribution is -2.39. The second-order valence-corrected chi connectivity index (χ2v) is 6.50. The molecule has 0 saturated carbocycles. The van der Waals surface area contributed by atoms with Crippen LogP contribution >= 0.6 is 0 Å². The van der Waals surface area contributed by atoms with Crippen LogP contribution in [0.2, 0.25) is 0 Å². The number of aryl methyl sites for hydroxylation is 2. The molecule has 0 aliphatic carbocycles. The van der Waals surface area contributed by atoms with Gasteiger partial charge in [0.1, 0.15) is 5.69 Å². The van der Waals surface area contributed by atoms with E-state index in [2.05, 4.69) is 27.2 Å². The Kier molecular flexibility index (Phi) is 3.91. The molecule has 1 atom stereocenters. The molecular formula is C18H20N6O. The second-order valence-electron chi connectivity index (χ2n) is 6.50. The highest BCUT2D eigenvalue weighted by Crippen LogP contribution is 2.28. The minimum atomic E-state index is -0.0599. The highest BCUT2D eigenvalue weighted by Gasteiger charge is 2.27. The van der Waals surface area contributed by atoms with Gasteiger partial charge in [-0.3, -0.25) is 14.5 Å². The Hall–Kier alpha value is -2.83. The molecule has 0 N–H and O–H groups in total. The topological polar surface area (TPSA) is 76.8 Å². The number of fused-ring (bicyclic) bond motifs is 1. The van der Waals surface area contributed by atoms with Gasteiger partial charge in [0.2, 0.25) is 0 Å². The number of pyridine rings is 1. The number of hydrogen-bond donors (Lipinski definition) is 0. The summed E-state index contributed by atoms with van der Waals surface area (Å²) in [5, 5.41) is 5.51. The zero-order valence-electron chi connectivity index (χ0n) is 14.4. The number of hydrogen-bond acceptors (Lipinski definition) is 5. The standard InChI is InChI=1S/C18H20N6O/c1-12-14-5-6-15(21-17(14)23(2)22-12)13-4-3-9-24(11-13)18(25)16-10-19-7-8-20-16/h5-8,10,13H,3-4,9,11H2,1-2H3. The Bertz CT molecular complexity index is 920. The van der Waals surface area contributed by atoms with Gasteiger partial charge in [0.15, 0.2) is 5.65 Å². The molecule has 1 aliphatic heterocycles. The van der Waals surface area contributed by atoms with Crippen LogP contribution in [-0.2, 0) is 7.05 Å². The van der Waals surface area contributed by atoms with Crippen molar-refractivity contribution in [3.63, 3.8) is 0 Å². The van der Waals surface area contributed by atoms with Gasteiger partial charge in [-0.15, -0.1) is 0 Å². The van der Waals surface area contributed by atoms with Crippen molar-refractivity contribution in [3.8, 4) is 0 Å². The Labute approximate surface area is 145 Å². The SMILES string of the molecule is Cc1nn(C)c2nc(C3CCCN(C(=O)c4cnccn4)C3)ccc12. The van der Waals surface area contributed by atoms with E-state index in [0.29, 0.717) is 12.2 Å². The van der Waals surface area contributed by atoms with E-state index in [9.17, 15) is 4.79 Å². The van der Waals surface area contributed by atoms with E-state index >= 15 is 0 Å². The van der Waals surface area contributed by atoms with Crippen molar-refractivity contribution in [2.24, 2.45) is 7.05 Å². The number of rotatable bonds is 2. The molecule has 128 valence electrons. The molecule has 1 amide bonds. The number of likely N-dealkylation sites (tertiary alicyclic amines) is 1. The lowest BCUT2D eigenvalue weighted by Gasteiger charge is -2.32. The average molecular weight is 336 g/mol. The van der Waals surface area contributed by atoms with Gasteiger partial charge in [-0.05, 0) is 31.9 Å². The normalized spacial score (nSPS) is 17.8. The monoisotopic (exact) mass is 336 g/mol. The van der Waals surface area contributed by atoms with Crippen LogP contribution in [0.1, 0.15) is 40.6 Å². The largest absolute Gasteiger partial charge is 0.337 e. The molecule has 1 aliphatic rings. The van der Waals surface area contributed by atoms with Crippen molar-refractivity contribution in [2.45, 2.75) is 25.7 Å². The summed E-state index contributed by atoms with van der Waals surface area (Å²) in [5.74, 6) is 0.171. The van der Waals surface area contributed by atoms with Gasteiger partial charge in [-0.2, -0.15) is 5.10 Å². The lowest BCUT2D eigenvalue weighted by atomic mass is 9.94. The number of nitrogens with zero attached hydrogens (tertiary/aromatic N) is 6. The van der Waals surface area contributed by atoms with Crippen LogP contribution in [0.4, 0.5) is 0 Å². The Morgan fingerprint density at radius 1 is 1.28 bits per heavy atom. The van der Waals surface area contributed by atoms with E-state index in [4.69, 9.17) is 4.98 Å². The fraction of sp³-hybridized carbons (Fsp3) is 0.389. The molecule has 3 aromatic heterocycles. The summed E-state index contributed by atoms with van der Waals surface area (Å²) in [4.78, 5) is 27.4. The summed E-state index contributed by atoms with van der Waals surface area (Å²) < 4.78 is 1.82. The number of aromatic nitrogens is 5. The number of carbonyl (C=O) groups excluding carboxylic acids is 1. The van der Waals surface area contributed by atoms with Crippen LogP contribution in [-0.4, -0.2) is 48.6 Å². The van der Waals surface area contributed by atoms with Gasteiger partial charge < -0.3 is 4.90 Å². The average Bonchev–Trinajstić information content (AvgIpc) is 2.95. The molecule has 4 rings (SSSR count). The molecule has 0 spiro atoms. The van der Waals surface area contributed by atoms with E-state index in [1.165, 1.54) is 6.20 Å². The fourth-order valence-electron chi connectivity index (χ4n) is 3.52. The van der Waals surface area contributed by atoms with Crippen LogP contribution in [0, 0.1) is 6.92 Å². The van der Waals surface area contributed by atoms with Crippen LogP contribution in [0.15, 0.2) is 30.7 Å². The molecule has 3 aromatic rings. The smallest absolute Gasteiger partial charge is 0.274 e. The molecule has 4 heterocycles. The van der Waals surface area contributed by atoms with E-state index in [1.807, 2.05) is 23.6 Å². The van der Waals surface area contributed by atoms with Crippen LogP contribution < -0.4 is 0 Å². The van der Waals surface area contributed by atoms with E-state index < -0.39 is 0 Å². The predicted molar refractivity (Wildman–Crippen MR) is 93.2 cm³/mol. The summed E-state index contributed by atoms with van der Waals surface area (Å²) in [7, 11) is 1.91. The first-order chi connectivity index (χ1) is 12.1. The fourth-order valence-corrected chi connectivity index (χ4v) is 3.52. The molecule has 7 nitrogen and oxygen atoms in total. The maximum atomic E-state index is 12.6. The molecule has 0 aromatic carbocycles. The van der Waals surface area contributed by atoms with Crippen molar-refractivity contribution in [1.29, 1.82) is 0 Å². The third-order valence-corrected chi connectivity index (χ3v) is 4.80. The minimum Gasteiger partial charge on any atom is -0.337 e. The highest BCUT2D eigenvalue weighted by molar-refractivity contribution is 5.92. The molecule has 1 fully saturated rings. The first kappa shape index (κ1) is 15.7. The Morgan fingerprint density at radius 2 is 2.16 bits per heavy atom. The third-order valence-electron chi connectivity index (χ3n) is 4.80. The summed E-state index contributed by atoms with van der Waals surface area (Å²) in [6, 6.07) is 4.15. The van der Waals surface area contributed by atoms with Gasteiger partial charge in [0.05, 0.1) is 11.9 Å². The first-order valence-corrected chi connectivity index (χ1v) is 8.49. The van der Waals surface area contributed by atoms with Crippen LogP contribution in [0.25, 0.3) is 11.0 Å². The maximum Gasteiger partial charge on any atom is 0.274 e. The summed E-state index contributed by atoms with van der Waals surface area (Å²) >= 11 is 0. The Morgan fingerprint density at radius 3 is 2.96 bits per heavy atom. The van der Waals surface area contributed by atoms with Gasteiger partial charge in [0, 0.05) is 49.5 Å². The molecule has 7 heteroatoms. The van der Waals surface area contributed by atoms with Crippen molar-refractivity contribution < 1.29 is 4.79 Å². The number of amides is 1.